The van der Waals surface area contributed by atoms with Crippen LogP contribution in [0.25, 0.3) is 0 Å². The molecule has 0 aliphatic heterocycles. The molecule has 3 heteroatoms. The molecule has 0 bridgehead atoms. The van der Waals surface area contributed by atoms with Crippen LogP contribution in [-0.4, -0.2) is 0 Å². The maximum absolute atomic E-state index is 6.28. The van der Waals surface area contributed by atoms with E-state index in [0.29, 0.717) is 0 Å². The number of nitrogens with two attached hydrogens (primary N) is 1. The normalized spacial score (nSPS) is 14.9. The summed E-state index contributed by atoms with van der Waals surface area (Å²) in [5.41, 5.74) is 7.44. The summed E-state index contributed by atoms with van der Waals surface area (Å²) in [6.45, 7) is 6.55. The van der Waals surface area contributed by atoms with Gasteiger partial charge in [0.15, 0.2) is 0 Å². The maximum atomic E-state index is 6.28. The Balaban J connectivity index is 2.57. The fraction of sp³-hybridized carbons (Fsp3) is 0.714. The van der Waals surface area contributed by atoms with Gasteiger partial charge in [0, 0.05) is 10.9 Å². The van der Waals surface area contributed by atoms with E-state index in [4.69, 9.17) is 17.3 Å². The number of rotatable bonds is 7. The lowest BCUT2D eigenvalue weighted by molar-refractivity contribution is 0.390. The minimum atomic E-state index is 0.114. The highest BCUT2D eigenvalue weighted by Crippen LogP contribution is 2.35. The highest BCUT2D eigenvalue weighted by molar-refractivity contribution is 7.10. The van der Waals surface area contributed by atoms with Crippen LogP contribution in [0.5, 0.6) is 0 Å². The molecule has 0 amide bonds. The summed E-state index contributed by atoms with van der Waals surface area (Å²) in [6.07, 6.45) is 6.15. The molecule has 0 saturated heterocycles. The van der Waals surface area contributed by atoms with Crippen molar-refractivity contribution in [2.45, 2.75) is 58.9 Å². The van der Waals surface area contributed by atoms with Crippen molar-refractivity contribution in [3.8, 4) is 0 Å². The first-order valence-corrected chi connectivity index (χ1v) is 7.84. The third kappa shape index (κ3) is 4.27. The van der Waals surface area contributed by atoms with Crippen LogP contribution in [0.1, 0.15) is 62.4 Å². The van der Waals surface area contributed by atoms with Gasteiger partial charge < -0.3 is 5.73 Å². The second kappa shape index (κ2) is 7.40. The summed E-state index contributed by atoms with van der Waals surface area (Å²) in [4.78, 5) is 1.17. The van der Waals surface area contributed by atoms with Gasteiger partial charge in [0.2, 0.25) is 0 Å². The summed E-state index contributed by atoms with van der Waals surface area (Å²) >= 11 is 7.97. The predicted molar refractivity (Wildman–Crippen MR) is 78.9 cm³/mol. The van der Waals surface area contributed by atoms with E-state index in [9.17, 15) is 0 Å². The van der Waals surface area contributed by atoms with E-state index in [2.05, 4.69) is 19.2 Å². The summed E-state index contributed by atoms with van der Waals surface area (Å²) < 4.78 is 0. The zero-order valence-corrected chi connectivity index (χ0v) is 12.7. The van der Waals surface area contributed by atoms with Gasteiger partial charge in [-0.15, -0.1) is 11.3 Å². The van der Waals surface area contributed by atoms with Crippen molar-refractivity contribution < 1.29 is 0 Å². The van der Waals surface area contributed by atoms with Gasteiger partial charge in [-0.05, 0) is 30.2 Å². The molecule has 1 aromatic rings. The Labute approximate surface area is 114 Å². The number of aryl methyl sites for hydroxylation is 1. The molecule has 0 saturated carbocycles. The fourth-order valence-corrected chi connectivity index (χ4v) is 3.50. The first kappa shape index (κ1) is 15.0. The van der Waals surface area contributed by atoms with Crippen LogP contribution in [0.2, 0.25) is 5.02 Å². The van der Waals surface area contributed by atoms with E-state index in [0.717, 1.165) is 22.9 Å². The minimum absolute atomic E-state index is 0.114. The Morgan fingerprint density at radius 1 is 1.41 bits per heavy atom. The third-order valence-electron chi connectivity index (χ3n) is 3.39. The molecular weight excluding hydrogens is 250 g/mol. The molecule has 98 valence electrons. The second-order valence-electron chi connectivity index (χ2n) is 4.86. The molecule has 0 spiro atoms. The number of thiophene rings is 1. The molecule has 0 aliphatic carbocycles. The summed E-state index contributed by atoms with van der Waals surface area (Å²) in [7, 11) is 0. The average Bonchev–Trinajstić information content (AvgIpc) is 2.65. The van der Waals surface area contributed by atoms with Crippen LogP contribution in [-0.2, 0) is 0 Å². The van der Waals surface area contributed by atoms with Crippen molar-refractivity contribution in [1.82, 2.24) is 0 Å². The molecule has 2 N–H and O–H groups in total. The smallest absolute Gasteiger partial charge is 0.0590 e. The average molecular weight is 274 g/mol. The zero-order chi connectivity index (χ0) is 12.8. The Hall–Kier alpha value is -0.0500. The molecule has 0 fully saturated rings. The first-order chi connectivity index (χ1) is 8.10. The van der Waals surface area contributed by atoms with E-state index in [1.807, 2.05) is 6.92 Å². The van der Waals surface area contributed by atoms with E-state index < -0.39 is 0 Å². The van der Waals surface area contributed by atoms with Gasteiger partial charge in [0.25, 0.3) is 0 Å². The molecule has 1 aromatic heterocycles. The molecule has 0 aromatic carbocycles. The van der Waals surface area contributed by atoms with E-state index in [1.165, 1.54) is 30.6 Å². The number of halogens is 1. The third-order valence-corrected chi connectivity index (χ3v) is 5.24. The highest BCUT2D eigenvalue weighted by Gasteiger charge is 2.18. The molecule has 17 heavy (non-hydrogen) atoms. The van der Waals surface area contributed by atoms with Gasteiger partial charge in [-0.1, -0.05) is 51.1 Å². The predicted octanol–water partition coefficient (Wildman–Crippen LogP) is 5.32. The van der Waals surface area contributed by atoms with Crippen LogP contribution in [0.4, 0.5) is 0 Å². The zero-order valence-electron chi connectivity index (χ0n) is 11.1. The monoisotopic (exact) mass is 273 g/mol. The lowest BCUT2D eigenvalue weighted by atomic mass is 9.92. The summed E-state index contributed by atoms with van der Waals surface area (Å²) in [5.74, 6) is 0.739. The van der Waals surface area contributed by atoms with Gasteiger partial charge in [0.05, 0.1) is 5.02 Å². The number of hydrogen-bond donors (Lipinski definition) is 1. The highest BCUT2D eigenvalue weighted by atomic mass is 35.5. The molecule has 1 heterocycles. The Morgan fingerprint density at radius 3 is 2.59 bits per heavy atom. The molecule has 2 atom stereocenters. The van der Waals surface area contributed by atoms with Crippen LogP contribution >= 0.6 is 22.9 Å². The molecular formula is C14H24ClNS. The largest absolute Gasteiger partial charge is 0.323 e. The fourth-order valence-electron chi connectivity index (χ4n) is 2.15. The van der Waals surface area contributed by atoms with Crippen LogP contribution in [0.3, 0.4) is 0 Å². The van der Waals surface area contributed by atoms with Crippen LogP contribution in [0.15, 0.2) is 5.38 Å². The molecule has 0 radical (unpaired) electrons. The number of unbranched alkanes of at least 4 members (excludes halogenated alkanes) is 1. The van der Waals surface area contributed by atoms with Crippen molar-refractivity contribution in [1.29, 1.82) is 0 Å². The van der Waals surface area contributed by atoms with Crippen molar-refractivity contribution in [2.75, 3.05) is 0 Å². The van der Waals surface area contributed by atoms with Crippen molar-refractivity contribution >= 4 is 22.9 Å². The van der Waals surface area contributed by atoms with Gasteiger partial charge in [0.1, 0.15) is 0 Å². The molecule has 1 rings (SSSR count). The van der Waals surface area contributed by atoms with E-state index in [-0.39, 0.29) is 6.04 Å². The van der Waals surface area contributed by atoms with Crippen molar-refractivity contribution in [2.24, 2.45) is 11.7 Å². The topological polar surface area (TPSA) is 26.0 Å². The first-order valence-electron chi connectivity index (χ1n) is 6.59. The molecule has 2 unspecified atom stereocenters. The molecule has 0 aliphatic rings. The summed E-state index contributed by atoms with van der Waals surface area (Å²) in [5, 5.41) is 2.98. The van der Waals surface area contributed by atoms with Crippen LogP contribution < -0.4 is 5.73 Å². The van der Waals surface area contributed by atoms with E-state index >= 15 is 0 Å². The van der Waals surface area contributed by atoms with Crippen molar-refractivity contribution in [3.63, 3.8) is 0 Å². The van der Waals surface area contributed by atoms with E-state index in [1.54, 1.807) is 11.3 Å². The van der Waals surface area contributed by atoms with Gasteiger partial charge in [-0.25, -0.2) is 0 Å². The lowest BCUT2D eigenvalue weighted by Gasteiger charge is -2.19. The lowest BCUT2D eigenvalue weighted by Crippen LogP contribution is -2.14. The van der Waals surface area contributed by atoms with Gasteiger partial charge in [-0.3, -0.25) is 0 Å². The Bertz CT molecular complexity index is 335. The Kier molecular flexibility index (Phi) is 6.53. The maximum Gasteiger partial charge on any atom is 0.0590 e. The minimum Gasteiger partial charge on any atom is -0.323 e. The SMILES string of the molecule is CCCCC(CC)CC(N)c1scc(C)c1Cl. The quantitative estimate of drug-likeness (QED) is 0.715. The van der Waals surface area contributed by atoms with Gasteiger partial charge >= 0.3 is 0 Å². The molecule has 1 nitrogen and oxygen atoms in total. The van der Waals surface area contributed by atoms with Crippen molar-refractivity contribution in [3.05, 3.63) is 20.8 Å². The van der Waals surface area contributed by atoms with Crippen LogP contribution in [0, 0.1) is 12.8 Å². The standard InChI is InChI=1S/C14H24ClNS/c1-4-6-7-11(5-2)8-12(16)14-13(15)10(3)9-17-14/h9,11-12H,4-8,16H2,1-3H3. The van der Waals surface area contributed by atoms with Gasteiger partial charge in [-0.2, -0.15) is 0 Å². The Morgan fingerprint density at radius 2 is 2.12 bits per heavy atom. The summed E-state index contributed by atoms with van der Waals surface area (Å²) in [6, 6.07) is 0.114. The second-order valence-corrected chi connectivity index (χ2v) is 6.14. The number of hydrogen-bond acceptors (Lipinski definition) is 2.